The largest absolute Gasteiger partial charge is 0.372 e. The quantitative estimate of drug-likeness (QED) is 0.683. The molecule has 0 saturated carbocycles. The van der Waals surface area contributed by atoms with Crippen LogP contribution in [0.2, 0.25) is 0 Å². The summed E-state index contributed by atoms with van der Waals surface area (Å²) in [6.45, 7) is 6.42. The van der Waals surface area contributed by atoms with E-state index in [4.69, 9.17) is 4.74 Å². The van der Waals surface area contributed by atoms with Gasteiger partial charge in [-0.25, -0.2) is 4.79 Å². The summed E-state index contributed by atoms with van der Waals surface area (Å²) >= 11 is 0. The summed E-state index contributed by atoms with van der Waals surface area (Å²) in [6, 6.07) is 4.85. The maximum absolute atomic E-state index is 12.9. The number of anilines is 1. The zero-order valence-electron chi connectivity index (χ0n) is 14.5. The number of carbonyl (C=O) groups is 3. The van der Waals surface area contributed by atoms with Crippen molar-refractivity contribution < 1.29 is 19.1 Å². The predicted molar refractivity (Wildman–Crippen MR) is 90.1 cm³/mol. The molecule has 7 heteroatoms. The van der Waals surface area contributed by atoms with Crippen molar-refractivity contribution in [2.45, 2.75) is 45.4 Å². The molecule has 0 aromatic heterocycles. The van der Waals surface area contributed by atoms with Crippen LogP contribution in [-0.4, -0.2) is 42.6 Å². The number of nitrogens with zero attached hydrogens (tertiary/aromatic N) is 1. The van der Waals surface area contributed by atoms with Crippen LogP contribution in [0.3, 0.4) is 0 Å². The summed E-state index contributed by atoms with van der Waals surface area (Å²) in [5.74, 6) is -1.10. The van der Waals surface area contributed by atoms with Gasteiger partial charge in [0, 0.05) is 12.2 Å². The molecule has 3 heterocycles. The highest BCUT2D eigenvalue weighted by atomic mass is 16.5. The number of fused-ring (bicyclic) bond motifs is 4. The molecule has 25 heavy (non-hydrogen) atoms. The van der Waals surface area contributed by atoms with Gasteiger partial charge in [0.25, 0.3) is 0 Å². The van der Waals surface area contributed by atoms with E-state index in [2.05, 4.69) is 15.5 Å². The van der Waals surface area contributed by atoms with Gasteiger partial charge >= 0.3 is 6.03 Å². The van der Waals surface area contributed by atoms with Gasteiger partial charge in [-0.1, -0.05) is 17.7 Å². The van der Waals surface area contributed by atoms with Gasteiger partial charge < -0.3 is 9.64 Å². The van der Waals surface area contributed by atoms with Crippen LogP contribution in [0.5, 0.6) is 0 Å². The third-order valence-corrected chi connectivity index (χ3v) is 5.46. The number of hydrogen-bond acceptors (Lipinski definition) is 5. The molecule has 7 nitrogen and oxygen atoms in total. The van der Waals surface area contributed by atoms with E-state index < -0.39 is 29.3 Å². The summed E-state index contributed by atoms with van der Waals surface area (Å²) in [7, 11) is 0. The van der Waals surface area contributed by atoms with E-state index in [9.17, 15) is 14.4 Å². The van der Waals surface area contributed by atoms with Gasteiger partial charge in [-0.05, 0) is 38.8 Å². The maximum atomic E-state index is 12.9. The van der Waals surface area contributed by atoms with E-state index >= 15 is 0 Å². The number of hydrogen-bond donors (Lipinski definition) is 2. The fraction of sp³-hybridized carbons (Fsp3) is 0.500. The Morgan fingerprint density at radius 3 is 2.52 bits per heavy atom. The van der Waals surface area contributed by atoms with Crippen molar-refractivity contribution in [1.29, 1.82) is 0 Å². The standard InChI is InChI=1S/C18H21N3O4/c1-9-4-5-13-12(6-9)7-18(15(22)19-17(24)20-16(18)23)14-11(3)25-10(2)8-21(13)14/h4-6,10-11,14H,7-8H2,1-3H3,(H2,19,20,22,23,24)/t10-,11+,14-/m1/s1. The SMILES string of the molecule is Cc1ccc2c(c1)CC1(C(=O)NC(=O)NC1=O)[C@H]1[C@H](C)O[C@H](C)CN21. The second-order valence-electron chi connectivity index (χ2n) is 7.27. The lowest BCUT2D eigenvalue weighted by atomic mass is 9.66. The number of rotatable bonds is 0. The van der Waals surface area contributed by atoms with Crippen LogP contribution in [0.1, 0.15) is 25.0 Å². The van der Waals surface area contributed by atoms with Gasteiger partial charge in [-0.3, -0.25) is 20.2 Å². The first kappa shape index (κ1) is 16.1. The highest BCUT2D eigenvalue weighted by molar-refractivity contribution is 6.20. The van der Waals surface area contributed by atoms with Crippen LogP contribution in [-0.2, 0) is 20.7 Å². The molecule has 3 aliphatic rings. The lowest BCUT2D eigenvalue weighted by molar-refractivity contribution is -0.153. The number of ether oxygens (including phenoxy) is 1. The maximum Gasteiger partial charge on any atom is 0.328 e. The Bertz CT molecular complexity index is 771. The molecule has 0 radical (unpaired) electrons. The van der Waals surface area contributed by atoms with E-state index in [-0.39, 0.29) is 18.6 Å². The third kappa shape index (κ3) is 2.18. The van der Waals surface area contributed by atoms with E-state index in [0.29, 0.717) is 6.54 Å². The average molecular weight is 343 g/mol. The van der Waals surface area contributed by atoms with E-state index in [1.54, 1.807) is 0 Å². The first-order valence-electron chi connectivity index (χ1n) is 8.51. The number of aryl methyl sites for hydroxylation is 1. The monoisotopic (exact) mass is 343 g/mol. The second kappa shape index (κ2) is 5.29. The fourth-order valence-electron chi connectivity index (χ4n) is 4.58. The highest BCUT2D eigenvalue weighted by Crippen LogP contribution is 2.46. The molecule has 0 aliphatic carbocycles. The van der Waals surface area contributed by atoms with Crippen molar-refractivity contribution in [3.8, 4) is 0 Å². The third-order valence-electron chi connectivity index (χ3n) is 5.46. The molecule has 1 spiro atoms. The zero-order valence-corrected chi connectivity index (χ0v) is 14.5. The molecular formula is C18H21N3O4. The molecule has 132 valence electrons. The number of morpholine rings is 1. The molecule has 3 aliphatic heterocycles. The van der Waals surface area contributed by atoms with Crippen molar-refractivity contribution in [2.75, 3.05) is 11.4 Å². The minimum absolute atomic E-state index is 0.0214. The minimum atomic E-state index is -1.38. The molecule has 4 rings (SSSR count). The van der Waals surface area contributed by atoms with E-state index in [1.807, 2.05) is 39.0 Å². The molecule has 1 aromatic carbocycles. The lowest BCUT2D eigenvalue weighted by Gasteiger charge is -2.55. The highest BCUT2D eigenvalue weighted by Gasteiger charge is 2.62. The summed E-state index contributed by atoms with van der Waals surface area (Å²) in [6.07, 6.45) is -0.104. The normalized spacial score (nSPS) is 30.4. The van der Waals surface area contributed by atoms with Crippen LogP contribution in [0.25, 0.3) is 0 Å². The summed E-state index contributed by atoms with van der Waals surface area (Å²) in [5.41, 5.74) is 1.65. The van der Waals surface area contributed by atoms with Crippen molar-refractivity contribution in [3.05, 3.63) is 29.3 Å². The fourth-order valence-corrected chi connectivity index (χ4v) is 4.58. The number of barbiturate groups is 1. The molecule has 2 fully saturated rings. The Morgan fingerprint density at radius 2 is 1.84 bits per heavy atom. The molecule has 4 amide bonds. The molecule has 2 saturated heterocycles. The van der Waals surface area contributed by atoms with E-state index in [0.717, 1.165) is 16.8 Å². The van der Waals surface area contributed by atoms with Gasteiger partial charge in [0.2, 0.25) is 11.8 Å². The van der Waals surface area contributed by atoms with Gasteiger partial charge in [0.1, 0.15) is 0 Å². The predicted octanol–water partition coefficient (Wildman–Crippen LogP) is 0.886. The summed E-state index contributed by atoms with van der Waals surface area (Å²) in [5, 5.41) is 4.58. The Labute approximate surface area is 145 Å². The van der Waals surface area contributed by atoms with Gasteiger partial charge in [-0.15, -0.1) is 0 Å². The Hall–Kier alpha value is -2.41. The molecule has 0 unspecified atom stereocenters. The van der Waals surface area contributed by atoms with Crippen LogP contribution in [0, 0.1) is 12.3 Å². The van der Waals surface area contributed by atoms with Gasteiger partial charge in [0.15, 0.2) is 5.41 Å². The van der Waals surface area contributed by atoms with Crippen molar-refractivity contribution in [1.82, 2.24) is 10.6 Å². The topological polar surface area (TPSA) is 87.7 Å². The van der Waals surface area contributed by atoms with Crippen LogP contribution < -0.4 is 15.5 Å². The lowest BCUT2D eigenvalue weighted by Crippen LogP contribution is -2.75. The number of amides is 4. The molecular weight excluding hydrogens is 322 g/mol. The summed E-state index contributed by atoms with van der Waals surface area (Å²) < 4.78 is 5.96. The Morgan fingerprint density at radius 1 is 1.16 bits per heavy atom. The average Bonchev–Trinajstić information content (AvgIpc) is 2.51. The number of nitrogens with one attached hydrogen (secondary N) is 2. The molecule has 0 bridgehead atoms. The van der Waals surface area contributed by atoms with Gasteiger partial charge in [-0.2, -0.15) is 0 Å². The smallest absolute Gasteiger partial charge is 0.328 e. The first-order chi connectivity index (χ1) is 11.8. The number of carbonyl (C=O) groups excluding carboxylic acids is 3. The Balaban J connectivity index is 1.92. The number of benzene rings is 1. The zero-order chi connectivity index (χ0) is 17.9. The first-order valence-corrected chi connectivity index (χ1v) is 8.51. The molecule has 2 N–H and O–H groups in total. The minimum Gasteiger partial charge on any atom is -0.372 e. The van der Waals surface area contributed by atoms with Crippen molar-refractivity contribution >= 4 is 23.5 Å². The van der Waals surface area contributed by atoms with Crippen LogP contribution in [0.4, 0.5) is 10.5 Å². The van der Waals surface area contributed by atoms with Crippen LogP contribution in [0.15, 0.2) is 18.2 Å². The van der Waals surface area contributed by atoms with E-state index in [1.165, 1.54) is 0 Å². The molecule has 1 aromatic rings. The number of urea groups is 1. The van der Waals surface area contributed by atoms with Gasteiger partial charge in [0.05, 0.1) is 18.2 Å². The summed E-state index contributed by atoms with van der Waals surface area (Å²) in [4.78, 5) is 39.5. The number of imide groups is 2. The van der Waals surface area contributed by atoms with Crippen molar-refractivity contribution in [2.24, 2.45) is 5.41 Å². The molecule has 3 atom stereocenters. The van der Waals surface area contributed by atoms with Crippen LogP contribution >= 0.6 is 0 Å². The second-order valence-corrected chi connectivity index (χ2v) is 7.27. The Kier molecular flexibility index (Phi) is 3.40. The van der Waals surface area contributed by atoms with Crippen molar-refractivity contribution in [3.63, 3.8) is 0 Å².